The molecule has 14 heavy (non-hydrogen) atoms. The molecule has 0 aliphatic carbocycles. The summed E-state index contributed by atoms with van der Waals surface area (Å²) in [4.78, 5) is 3.85. The molecule has 1 aromatic heterocycles. The van der Waals surface area contributed by atoms with Crippen LogP contribution < -0.4 is 0 Å². The van der Waals surface area contributed by atoms with Gasteiger partial charge in [-0.25, -0.2) is 4.39 Å². The van der Waals surface area contributed by atoms with Crippen LogP contribution in [0.2, 0.25) is 0 Å². The molecule has 2 rings (SSSR count). The average Bonchev–Trinajstić information content (AvgIpc) is 2.64. The molecule has 2 aromatic rings. The van der Waals surface area contributed by atoms with E-state index in [2.05, 4.69) is 14.7 Å². The molecule has 72 valence electrons. The van der Waals surface area contributed by atoms with Crippen LogP contribution in [0.4, 0.5) is 4.39 Å². The molecule has 0 N–H and O–H groups in total. The number of aromatic nitrogens is 2. The maximum Gasteiger partial charge on any atom is 0.213 e. The Hall–Kier alpha value is -1.71. The molecule has 0 bridgehead atoms. The second-order valence-corrected chi connectivity index (χ2v) is 3.06. The van der Waals surface area contributed by atoms with Crippen molar-refractivity contribution >= 4 is 0 Å². The second-order valence-electron chi connectivity index (χ2n) is 3.06. The third kappa shape index (κ3) is 1.64. The first-order valence-electron chi connectivity index (χ1n) is 4.26. The molecule has 1 aromatic carbocycles. The largest absolute Gasteiger partial charge is 0.343 e. The molecule has 0 amide bonds. The zero-order chi connectivity index (χ0) is 9.97. The fraction of sp³-hybridized carbons (Fsp3) is 0.200. The Morgan fingerprint density at radius 2 is 2.29 bits per heavy atom. The summed E-state index contributed by atoms with van der Waals surface area (Å²) >= 11 is 0. The van der Waals surface area contributed by atoms with E-state index in [9.17, 15) is 4.39 Å². The average molecular weight is 192 g/mol. The Bertz CT molecular complexity index is 405. The van der Waals surface area contributed by atoms with Gasteiger partial charge in [0.15, 0.2) is 5.82 Å². The Kier molecular flexibility index (Phi) is 2.26. The highest BCUT2D eigenvalue weighted by Gasteiger charge is 2.08. The van der Waals surface area contributed by atoms with E-state index in [-0.39, 0.29) is 5.82 Å². The normalized spacial score (nSPS) is 10.4. The summed E-state index contributed by atoms with van der Waals surface area (Å²) in [5.41, 5.74) is 1.52. The number of hydrogen-bond acceptors (Lipinski definition) is 3. The van der Waals surface area contributed by atoms with Crippen LogP contribution in [0.25, 0.3) is 0 Å². The van der Waals surface area contributed by atoms with Gasteiger partial charge in [-0.05, 0) is 24.1 Å². The first-order valence-corrected chi connectivity index (χ1v) is 4.26. The highest BCUT2D eigenvalue weighted by Crippen LogP contribution is 2.15. The van der Waals surface area contributed by atoms with Crippen LogP contribution in [-0.2, 0) is 6.42 Å². The van der Waals surface area contributed by atoms with Crippen molar-refractivity contribution < 1.29 is 8.91 Å². The van der Waals surface area contributed by atoms with Crippen molar-refractivity contribution in [3.63, 3.8) is 0 Å². The van der Waals surface area contributed by atoms with Gasteiger partial charge in [0.25, 0.3) is 0 Å². The summed E-state index contributed by atoms with van der Waals surface area (Å²) in [5, 5.41) is 3.64. The van der Waals surface area contributed by atoms with E-state index >= 15 is 0 Å². The van der Waals surface area contributed by atoms with Gasteiger partial charge in [-0.1, -0.05) is 17.3 Å². The summed E-state index contributed by atoms with van der Waals surface area (Å²) in [6.07, 6.45) is 1.61. The van der Waals surface area contributed by atoms with Crippen LogP contribution in [0.15, 0.2) is 29.1 Å². The van der Waals surface area contributed by atoms with E-state index in [0.29, 0.717) is 17.8 Å². The van der Waals surface area contributed by atoms with Gasteiger partial charge < -0.3 is 4.52 Å². The van der Waals surface area contributed by atoms with Gasteiger partial charge in [0, 0.05) is 6.42 Å². The van der Waals surface area contributed by atoms with Crippen molar-refractivity contribution in [2.24, 2.45) is 0 Å². The lowest BCUT2D eigenvalue weighted by molar-refractivity contribution is 0.411. The molecule has 0 fully saturated rings. The first-order chi connectivity index (χ1) is 6.77. The molecule has 4 heteroatoms. The van der Waals surface area contributed by atoms with Crippen molar-refractivity contribution in [1.29, 1.82) is 0 Å². The molecular weight excluding hydrogens is 183 g/mol. The predicted octanol–water partition coefficient (Wildman–Crippen LogP) is 2.11. The minimum Gasteiger partial charge on any atom is -0.343 e. The lowest BCUT2D eigenvalue weighted by Gasteiger charge is -2.03. The lowest BCUT2D eigenvalue weighted by Crippen LogP contribution is -1.97. The number of halogens is 1. The first kappa shape index (κ1) is 8.87. The summed E-state index contributed by atoms with van der Waals surface area (Å²) in [5.74, 6) is 0.271. The topological polar surface area (TPSA) is 38.9 Å². The number of aryl methyl sites for hydroxylation is 1. The fourth-order valence-electron chi connectivity index (χ4n) is 1.32. The van der Waals surface area contributed by atoms with Crippen molar-refractivity contribution in [2.75, 3.05) is 0 Å². The van der Waals surface area contributed by atoms with E-state index in [0.717, 1.165) is 5.56 Å². The van der Waals surface area contributed by atoms with Gasteiger partial charge in [-0.2, -0.15) is 4.98 Å². The van der Waals surface area contributed by atoms with Crippen LogP contribution >= 0.6 is 0 Å². The van der Waals surface area contributed by atoms with E-state index in [1.807, 2.05) is 13.0 Å². The third-order valence-electron chi connectivity index (χ3n) is 2.09. The van der Waals surface area contributed by atoms with Crippen molar-refractivity contribution in [1.82, 2.24) is 10.1 Å². The maximum absolute atomic E-state index is 13.4. The van der Waals surface area contributed by atoms with Crippen LogP contribution in [0.1, 0.15) is 17.0 Å². The van der Waals surface area contributed by atoms with Gasteiger partial charge in [-0.15, -0.1) is 0 Å². The molecule has 0 unspecified atom stereocenters. The number of hydrogen-bond donors (Lipinski definition) is 0. The third-order valence-corrected chi connectivity index (χ3v) is 2.09. The zero-order valence-electron chi connectivity index (χ0n) is 7.70. The molecule has 0 aliphatic rings. The summed E-state index contributed by atoms with van der Waals surface area (Å²) in [7, 11) is 0. The second kappa shape index (κ2) is 3.57. The minimum atomic E-state index is -0.227. The van der Waals surface area contributed by atoms with Crippen LogP contribution in [0.3, 0.4) is 0 Å². The molecule has 0 saturated carbocycles. The molecule has 0 saturated heterocycles. The number of nitrogens with zero attached hydrogens (tertiary/aromatic N) is 2. The fourth-order valence-corrected chi connectivity index (χ4v) is 1.32. The van der Waals surface area contributed by atoms with Gasteiger partial charge >= 0.3 is 0 Å². The van der Waals surface area contributed by atoms with E-state index in [4.69, 9.17) is 0 Å². The smallest absolute Gasteiger partial charge is 0.213 e. The SMILES string of the molecule is Cc1cccc(F)c1Cc1ncon1. The Balaban J connectivity index is 2.33. The molecule has 0 radical (unpaired) electrons. The molecule has 0 atom stereocenters. The van der Waals surface area contributed by atoms with Gasteiger partial charge in [-0.3, -0.25) is 0 Å². The zero-order valence-corrected chi connectivity index (χ0v) is 7.70. The van der Waals surface area contributed by atoms with Crippen molar-refractivity contribution in [2.45, 2.75) is 13.3 Å². The van der Waals surface area contributed by atoms with Gasteiger partial charge in [0.05, 0.1) is 0 Å². The molecule has 3 nitrogen and oxygen atoms in total. The van der Waals surface area contributed by atoms with Crippen LogP contribution in [0.5, 0.6) is 0 Å². The monoisotopic (exact) mass is 192 g/mol. The van der Waals surface area contributed by atoms with E-state index in [1.165, 1.54) is 12.5 Å². The van der Waals surface area contributed by atoms with E-state index in [1.54, 1.807) is 6.07 Å². The minimum absolute atomic E-state index is 0.227. The summed E-state index contributed by atoms with van der Waals surface area (Å²) in [6, 6.07) is 4.98. The number of benzene rings is 1. The molecule has 0 spiro atoms. The highest BCUT2D eigenvalue weighted by atomic mass is 19.1. The van der Waals surface area contributed by atoms with E-state index < -0.39 is 0 Å². The Labute approximate surface area is 80.6 Å². The molecule has 0 aliphatic heterocycles. The maximum atomic E-state index is 13.4. The number of rotatable bonds is 2. The molecular formula is C10H9FN2O. The quantitative estimate of drug-likeness (QED) is 0.731. The standard InChI is InChI=1S/C10H9FN2O/c1-7-3-2-4-9(11)8(7)5-10-12-6-14-13-10/h2-4,6H,5H2,1H3. The van der Waals surface area contributed by atoms with Crippen molar-refractivity contribution in [3.05, 3.63) is 47.4 Å². The van der Waals surface area contributed by atoms with Gasteiger partial charge in [0.2, 0.25) is 6.39 Å². The van der Waals surface area contributed by atoms with Crippen LogP contribution in [0, 0.1) is 12.7 Å². The van der Waals surface area contributed by atoms with Gasteiger partial charge in [0.1, 0.15) is 5.82 Å². The summed E-state index contributed by atoms with van der Waals surface area (Å²) in [6.45, 7) is 1.86. The predicted molar refractivity (Wildman–Crippen MR) is 48.2 cm³/mol. The Morgan fingerprint density at radius 1 is 1.43 bits per heavy atom. The highest BCUT2D eigenvalue weighted by molar-refractivity contribution is 5.29. The van der Waals surface area contributed by atoms with Crippen molar-refractivity contribution in [3.8, 4) is 0 Å². The molecule has 1 heterocycles. The Morgan fingerprint density at radius 3 is 2.93 bits per heavy atom. The lowest BCUT2D eigenvalue weighted by atomic mass is 10.1. The summed E-state index contributed by atoms with van der Waals surface area (Å²) < 4.78 is 17.9. The van der Waals surface area contributed by atoms with Crippen LogP contribution in [-0.4, -0.2) is 10.1 Å².